The van der Waals surface area contributed by atoms with E-state index in [9.17, 15) is 4.79 Å². The molecule has 1 heterocycles. The van der Waals surface area contributed by atoms with Crippen LogP contribution in [0.2, 0.25) is 0 Å². The first-order valence-corrected chi connectivity index (χ1v) is 9.81. The van der Waals surface area contributed by atoms with Crippen LogP contribution in [0.3, 0.4) is 0 Å². The normalized spacial score (nSPS) is 14.0. The van der Waals surface area contributed by atoms with Crippen molar-refractivity contribution in [3.63, 3.8) is 0 Å². The first kappa shape index (κ1) is 19.3. The Morgan fingerprint density at radius 3 is 2.81 bits per heavy atom. The summed E-state index contributed by atoms with van der Waals surface area (Å²) in [6.45, 7) is 10.6. The summed E-state index contributed by atoms with van der Waals surface area (Å²) in [5.74, 6) is 0.735. The van der Waals surface area contributed by atoms with Gasteiger partial charge in [-0.2, -0.15) is 0 Å². The van der Waals surface area contributed by atoms with Gasteiger partial charge >= 0.3 is 0 Å². The molecule has 1 amide bonds. The number of nitrogens with one attached hydrogen (secondary N) is 1. The summed E-state index contributed by atoms with van der Waals surface area (Å²) in [6.07, 6.45) is 1.54. The first-order chi connectivity index (χ1) is 13.0. The average molecular weight is 367 g/mol. The van der Waals surface area contributed by atoms with Crippen LogP contribution in [-0.2, 0) is 11.2 Å². The molecule has 0 saturated carbocycles. The van der Waals surface area contributed by atoms with Gasteiger partial charge in [0.1, 0.15) is 5.75 Å². The number of carbonyl (C=O) groups excluding carboxylic acids is 1. The fourth-order valence-electron chi connectivity index (χ4n) is 3.63. The van der Waals surface area contributed by atoms with Crippen LogP contribution in [0.15, 0.2) is 36.4 Å². The zero-order valence-corrected chi connectivity index (χ0v) is 16.8. The lowest BCUT2D eigenvalue weighted by Crippen LogP contribution is -2.38. The van der Waals surface area contributed by atoms with Crippen molar-refractivity contribution in [3.05, 3.63) is 58.7 Å². The van der Waals surface area contributed by atoms with Gasteiger partial charge in [-0.1, -0.05) is 24.3 Å². The highest BCUT2D eigenvalue weighted by Crippen LogP contribution is 2.27. The third-order valence-corrected chi connectivity index (χ3v) is 5.32. The van der Waals surface area contributed by atoms with Gasteiger partial charge in [-0.05, 0) is 74.9 Å². The molecule has 0 aliphatic carbocycles. The van der Waals surface area contributed by atoms with Gasteiger partial charge in [0.2, 0.25) is 0 Å². The quantitative estimate of drug-likeness (QED) is 0.755. The number of aryl methyl sites for hydroxylation is 2. The maximum atomic E-state index is 12.4. The van der Waals surface area contributed by atoms with Gasteiger partial charge in [-0.15, -0.1) is 0 Å². The molecule has 0 radical (unpaired) electrons. The van der Waals surface area contributed by atoms with E-state index < -0.39 is 6.10 Å². The zero-order chi connectivity index (χ0) is 19.4. The lowest BCUT2D eigenvalue weighted by Gasteiger charge is -2.20. The Morgan fingerprint density at radius 1 is 1.22 bits per heavy atom. The van der Waals surface area contributed by atoms with E-state index in [1.165, 1.54) is 16.8 Å². The van der Waals surface area contributed by atoms with Crippen molar-refractivity contribution in [2.24, 2.45) is 0 Å². The first-order valence-electron chi connectivity index (χ1n) is 9.81. The number of amides is 1. The Labute approximate surface area is 162 Å². The summed E-state index contributed by atoms with van der Waals surface area (Å²) in [6, 6.07) is 12.7. The van der Waals surface area contributed by atoms with Crippen molar-refractivity contribution < 1.29 is 9.53 Å². The van der Waals surface area contributed by atoms with Crippen molar-refractivity contribution in [1.29, 1.82) is 0 Å². The molecular formula is C23H30N2O2. The maximum Gasteiger partial charge on any atom is 0.260 e. The fourth-order valence-corrected chi connectivity index (χ4v) is 3.63. The van der Waals surface area contributed by atoms with Gasteiger partial charge in [0.05, 0.1) is 0 Å². The molecule has 1 aliphatic heterocycles. The van der Waals surface area contributed by atoms with Gasteiger partial charge < -0.3 is 15.0 Å². The van der Waals surface area contributed by atoms with E-state index >= 15 is 0 Å². The predicted octanol–water partition coefficient (Wildman–Crippen LogP) is 3.95. The molecule has 3 rings (SSSR count). The number of ether oxygens (including phenoxy) is 1. The molecule has 144 valence electrons. The van der Waals surface area contributed by atoms with E-state index in [-0.39, 0.29) is 5.91 Å². The topological polar surface area (TPSA) is 41.6 Å². The van der Waals surface area contributed by atoms with E-state index in [1.54, 1.807) is 0 Å². The average Bonchev–Trinajstić information content (AvgIpc) is 3.05. The minimum Gasteiger partial charge on any atom is -0.481 e. The van der Waals surface area contributed by atoms with E-state index in [2.05, 4.69) is 47.5 Å². The molecular weight excluding hydrogens is 336 g/mol. The Hall–Kier alpha value is -2.49. The van der Waals surface area contributed by atoms with Crippen LogP contribution in [0, 0.1) is 20.8 Å². The van der Waals surface area contributed by atoms with Crippen LogP contribution < -0.4 is 15.0 Å². The summed E-state index contributed by atoms with van der Waals surface area (Å²) in [7, 11) is 0. The summed E-state index contributed by atoms with van der Waals surface area (Å²) < 4.78 is 5.92. The van der Waals surface area contributed by atoms with Gasteiger partial charge in [0.25, 0.3) is 5.91 Å². The number of rotatable bonds is 7. The van der Waals surface area contributed by atoms with Crippen molar-refractivity contribution in [1.82, 2.24) is 5.32 Å². The monoisotopic (exact) mass is 366 g/mol. The van der Waals surface area contributed by atoms with Crippen LogP contribution in [-0.4, -0.2) is 31.6 Å². The highest BCUT2D eigenvalue weighted by Gasteiger charge is 2.19. The number of anilines is 1. The lowest BCUT2D eigenvalue weighted by molar-refractivity contribution is -0.127. The Kier molecular flexibility index (Phi) is 6.04. The third kappa shape index (κ3) is 4.62. The fraction of sp³-hybridized carbons (Fsp3) is 0.435. The SMILES string of the molecule is Cc1cc(C)c(C)c(O[C@@H](C)C(=O)NCCCN2CCc3ccccc32)c1. The summed E-state index contributed by atoms with van der Waals surface area (Å²) in [4.78, 5) is 14.8. The second-order valence-corrected chi connectivity index (χ2v) is 7.48. The maximum absolute atomic E-state index is 12.4. The molecule has 0 fully saturated rings. The Balaban J connectivity index is 1.44. The highest BCUT2D eigenvalue weighted by molar-refractivity contribution is 5.80. The second-order valence-electron chi connectivity index (χ2n) is 7.48. The molecule has 0 aromatic heterocycles. The molecule has 27 heavy (non-hydrogen) atoms. The number of nitrogens with zero attached hydrogens (tertiary/aromatic N) is 1. The van der Waals surface area contributed by atoms with E-state index in [0.717, 1.165) is 42.8 Å². The largest absolute Gasteiger partial charge is 0.481 e. The molecule has 1 N–H and O–H groups in total. The number of para-hydroxylation sites is 1. The van der Waals surface area contributed by atoms with Gasteiger partial charge in [0.15, 0.2) is 6.10 Å². The van der Waals surface area contributed by atoms with Crippen LogP contribution in [0.4, 0.5) is 5.69 Å². The number of fused-ring (bicyclic) bond motifs is 1. The Morgan fingerprint density at radius 2 is 2.00 bits per heavy atom. The van der Waals surface area contributed by atoms with Crippen molar-refractivity contribution in [2.75, 3.05) is 24.5 Å². The number of carbonyl (C=O) groups is 1. The van der Waals surface area contributed by atoms with Gasteiger partial charge in [-0.25, -0.2) is 0 Å². The predicted molar refractivity (Wildman–Crippen MR) is 111 cm³/mol. The van der Waals surface area contributed by atoms with Crippen molar-refractivity contribution in [3.8, 4) is 5.75 Å². The molecule has 0 unspecified atom stereocenters. The Bertz CT molecular complexity index is 816. The third-order valence-electron chi connectivity index (χ3n) is 5.32. The van der Waals surface area contributed by atoms with Gasteiger partial charge in [-0.3, -0.25) is 4.79 Å². The molecule has 2 aromatic carbocycles. The summed E-state index contributed by atoms with van der Waals surface area (Å²) in [5, 5.41) is 3.01. The minimum absolute atomic E-state index is 0.0598. The van der Waals surface area contributed by atoms with Crippen LogP contribution in [0.5, 0.6) is 5.75 Å². The molecule has 1 aliphatic rings. The molecule has 0 spiro atoms. The van der Waals surface area contributed by atoms with E-state index in [0.29, 0.717) is 6.54 Å². The smallest absolute Gasteiger partial charge is 0.260 e. The zero-order valence-electron chi connectivity index (χ0n) is 16.8. The lowest BCUT2D eigenvalue weighted by atomic mass is 10.1. The molecule has 1 atom stereocenters. The molecule has 4 nitrogen and oxygen atoms in total. The number of benzene rings is 2. The summed E-state index contributed by atoms with van der Waals surface area (Å²) >= 11 is 0. The van der Waals surface area contributed by atoms with E-state index in [4.69, 9.17) is 4.74 Å². The number of hydrogen-bond donors (Lipinski definition) is 1. The minimum atomic E-state index is -0.502. The second kappa shape index (κ2) is 8.47. The highest BCUT2D eigenvalue weighted by atomic mass is 16.5. The van der Waals surface area contributed by atoms with E-state index in [1.807, 2.05) is 26.8 Å². The standard InChI is InChI=1S/C23H30N2O2/c1-16-14-17(2)18(3)22(15-16)27-19(4)23(26)24-11-7-12-25-13-10-20-8-5-6-9-21(20)25/h5-6,8-9,14-15,19H,7,10-13H2,1-4H3,(H,24,26)/t19-/m0/s1. The number of hydrogen-bond acceptors (Lipinski definition) is 3. The summed E-state index contributed by atoms with van der Waals surface area (Å²) in [5.41, 5.74) is 6.18. The van der Waals surface area contributed by atoms with Crippen LogP contribution in [0.25, 0.3) is 0 Å². The molecule has 4 heteroatoms. The van der Waals surface area contributed by atoms with Crippen molar-refractivity contribution in [2.45, 2.75) is 46.6 Å². The molecule has 0 bridgehead atoms. The molecule has 2 aromatic rings. The molecule has 0 saturated heterocycles. The van der Waals surface area contributed by atoms with Crippen LogP contribution in [0.1, 0.15) is 35.6 Å². The van der Waals surface area contributed by atoms with Crippen molar-refractivity contribution >= 4 is 11.6 Å². The van der Waals surface area contributed by atoms with Gasteiger partial charge in [0, 0.05) is 25.3 Å². The van der Waals surface area contributed by atoms with Crippen LogP contribution >= 0.6 is 0 Å².